The number of hydrogen-bond acceptors (Lipinski definition) is 2. The quantitative estimate of drug-likeness (QED) is 0.295. The summed E-state index contributed by atoms with van der Waals surface area (Å²) in [7, 11) is -1.48. The highest BCUT2D eigenvalue weighted by atomic mass is 16.4. The van der Waals surface area contributed by atoms with Crippen LogP contribution in [0.5, 0.6) is 0 Å². The Balaban J connectivity index is 1.62. The standard InChI is InChI=1S/C30H22BNO2/c33-31(34)25-14-11-22(12-15-25)26-18-24(21-9-5-2-6-10-21)19-28-27-17-23(20-7-3-1-4-8-20)13-16-29(27)32-30(26)28/h1-19,32-34H. The topological polar surface area (TPSA) is 56.2 Å². The van der Waals surface area contributed by atoms with Crippen LogP contribution in [0.3, 0.4) is 0 Å². The Morgan fingerprint density at radius 3 is 1.74 bits per heavy atom. The van der Waals surface area contributed by atoms with Gasteiger partial charge in [0.25, 0.3) is 0 Å². The van der Waals surface area contributed by atoms with Crippen LogP contribution in [0.25, 0.3) is 55.2 Å². The third-order valence-corrected chi connectivity index (χ3v) is 6.44. The molecule has 0 aliphatic heterocycles. The molecule has 0 radical (unpaired) electrons. The molecule has 0 aliphatic carbocycles. The van der Waals surface area contributed by atoms with Crippen molar-refractivity contribution in [3.8, 4) is 33.4 Å². The lowest BCUT2D eigenvalue weighted by Crippen LogP contribution is -2.29. The van der Waals surface area contributed by atoms with Gasteiger partial charge in [-0.15, -0.1) is 0 Å². The lowest BCUT2D eigenvalue weighted by molar-refractivity contribution is 0.426. The number of nitrogens with one attached hydrogen (secondary N) is 1. The first-order valence-corrected chi connectivity index (χ1v) is 11.3. The summed E-state index contributed by atoms with van der Waals surface area (Å²) in [5.41, 5.74) is 9.39. The van der Waals surface area contributed by atoms with Crippen molar-refractivity contribution in [1.29, 1.82) is 0 Å². The highest BCUT2D eigenvalue weighted by molar-refractivity contribution is 6.58. The normalized spacial score (nSPS) is 11.2. The summed E-state index contributed by atoms with van der Waals surface area (Å²) in [6.07, 6.45) is 0. The maximum absolute atomic E-state index is 9.51. The van der Waals surface area contributed by atoms with E-state index >= 15 is 0 Å². The van der Waals surface area contributed by atoms with Gasteiger partial charge in [0.1, 0.15) is 0 Å². The van der Waals surface area contributed by atoms with Crippen molar-refractivity contribution in [3.05, 3.63) is 115 Å². The van der Waals surface area contributed by atoms with Crippen molar-refractivity contribution >= 4 is 34.4 Å². The summed E-state index contributed by atoms with van der Waals surface area (Å²) in [6.45, 7) is 0. The molecule has 5 aromatic carbocycles. The van der Waals surface area contributed by atoms with Crippen LogP contribution in [0.4, 0.5) is 0 Å². The van der Waals surface area contributed by atoms with Crippen LogP contribution in [-0.2, 0) is 0 Å². The molecule has 6 aromatic rings. The van der Waals surface area contributed by atoms with Gasteiger partial charge in [-0.25, -0.2) is 0 Å². The van der Waals surface area contributed by atoms with E-state index in [1.54, 1.807) is 12.1 Å². The largest absolute Gasteiger partial charge is 0.488 e. The smallest absolute Gasteiger partial charge is 0.423 e. The molecular weight excluding hydrogens is 417 g/mol. The van der Waals surface area contributed by atoms with Crippen molar-refractivity contribution < 1.29 is 10.0 Å². The minimum atomic E-state index is -1.48. The molecule has 0 amide bonds. The van der Waals surface area contributed by atoms with E-state index in [0.29, 0.717) is 5.46 Å². The fourth-order valence-electron chi connectivity index (χ4n) is 4.67. The fourth-order valence-corrected chi connectivity index (χ4v) is 4.67. The van der Waals surface area contributed by atoms with Gasteiger partial charge in [-0.1, -0.05) is 91.0 Å². The molecule has 0 bridgehead atoms. The molecule has 1 aromatic heterocycles. The average Bonchev–Trinajstić information content (AvgIpc) is 3.27. The van der Waals surface area contributed by atoms with Gasteiger partial charge in [-0.3, -0.25) is 0 Å². The molecule has 0 saturated heterocycles. The molecule has 0 unspecified atom stereocenters. The third kappa shape index (κ3) is 3.59. The summed E-state index contributed by atoms with van der Waals surface area (Å²) >= 11 is 0. The zero-order valence-electron chi connectivity index (χ0n) is 18.4. The van der Waals surface area contributed by atoms with Crippen LogP contribution >= 0.6 is 0 Å². The molecule has 0 aliphatic rings. The van der Waals surface area contributed by atoms with E-state index in [9.17, 15) is 10.0 Å². The zero-order valence-corrected chi connectivity index (χ0v) is 18.4. The van der Waals surface area contributed by atoms with Crippen LogP contribution in [0.2, 0.25) is 0 Å². The molecule has 0 saturated carbocycles. The molecule has 3 N–H and O–H groups in total. The molecule has 6 rings (SSSR count). The van der Waals surface area contributed by atoms with E-state index in [0.717, 1.165) is 38.7 Å². The predicted molar refractivity (Wildman–Crippen MR) is 142 cm³/mol. The highest BCUT2D eigenvalue weighted by Crippen LogP contribution is 2.38. The van der Waals surface area contributed by atoms with E-state index in [1.807, 2.05) is 24.3 Å². The van der Waals surface area contributed by atoms with Crippen LogP contribution < -0.4 is 5.46 Å². The number of aromatic nitrogens is 1. The Kier molecular flexibility index (Phi) is 5.03. The highest BCUT2D eigenvalue weighted by Gasteiger charge is 2.15. The van der Waals surface area contributed by atoms with E-state index < -0.39 is 7.12 Å². The number of benzene rings is 5. The molecule has 0 atom stereocenters. The Morgan fingerprint density at radius 2 is 1.09 bits per heavy atom. The molecule has 0 spiro atoms. The summed E-state index contributed by atoms with van der Waals surface area (Å²) in [4.78, 5) is 3.64. The molecule has 162 valence electrons. The summed E-state index contributed by atoms with van der Waals surface area (Å²) in [5.74, 6) is 0. The van der Waals surface area contributed by atoms with E-state index in [1.165, 1.54) is 16.5 Å². The first-order valence-electron chi connectivity index (χ1n) is 11.3. The van der Waals surface area contributed by atoms with Crippen molar-refractivity contribution in [2.75, 3.05) is 0 Å². The lowest BCUT2D eigenvalue weighted by Gasteiger charge is -2.10. The molecule has 4 heteroatoms. The van der Waals surface area contributed by atoms with Gasteiger partial charge in [0, 0.05) is 21.9 Å². The number of fused-ring (bicyclic) bond motifs is 3. The average molecular weight is 439 g/mol. The maximum atomic E-state index is 9.51. The first kappa shape index (κ1) is 20.5. The molecule has 3 nitrogen and oxygen atoms in total. The van der Waals surface area contributed by atoms with Crippen molar-refractivity contribution in [1.82, 2.24) is 4.98 Å². The summed E-state index contributed by atoms with van der Waals surface area (Å²) in [5, 5.41) is 21.4. The third-order valence-electron chi connectivity index (χ3n) is 6.44. The molecule has 34 heavy (non-hydrogen) atoms. The van der Waals surface area contributed by atoms with Crippen LogP contribution in [0.1, 0.15) is 0 Å². The monoisotopic (exact) mass is 439 g/mol. The van der Waals surface area contributed by atoms with Gasteiger partial charge < -0.3 is 15.0 Å². The van der Waals surface area contributed by atoms with Gasteiger partial charge in [0.15, 0.2) is 0 Å². The number of aromatic amines is 1. The fraction of sp³-hybridized carbons (Fsp3) is 0. The Labute approximate surface area is 198 Å². The number of hydrogen-bond donors (Lipinski definition) is 3. The van der Waals surface area contributed by atoms with Crippen molar-refractivity contribution in [2.45, 2.75) is 0 Å². The van der Waals surface area contributed by atoms with E-state index in [2.05, 4.69) is 83.8 Å². The maximum Gasteiger partial charge on any atom is 0.488 e. The zero-order chi connectivity index (χ0) is 23.1. The van der Waals surface area contributed by atoms with E-state index in [4.69, 9.17) is 0 Å². The Morgan fingerprint density at radius 1 is 0.500 bits per heavy atom. The van der Waals surface area contributed by atoms with Gasteiger partial charge in [0.05, 0.1) is 5.52 Å². The van der Waals surface area contributed by atoms with Crippen molar-refractivity contribution in [2.24, 2.45) is 0 Å². The van der Waals surface area contributed by atoms with Crippen LogP contribution in [0, 0.1) is 0 Å². The van der Waals surface area contributed by atoms with Gasteiger partial charge in [0.2, 0.25) is 0 Å². The predicted octanol–water partition coefficient (Wildman–Crippen LogP) is 6.00. The summed E-state index contributed by atoms with van der Waals surface area (Å²) in [6, 6.07) is 39.2. The molecule has 1 heterocycles. The second-order valence-corrected chi connectivity index (χ2v) is 8.56. The second kappa shape index (κ2) is 8.34. The number of H-pyrrole nitrogens is 1. The minimum absolute atomic E-state index is 0.475. The Hall–Kier alpha value is -4.12. The van der Waals surface area contributed by atoms with Gasteiger partial charge in [-0.05, 0) is 57.5 Å². The second-order valence-electron chi connectivity index (χ2n) is 8.56. The van der Waals surface area contributed by atoms with Gasteiger partial charge >= 0.3 is 7.12 Å². The van der Waals surface area contributed by atoms with Crippen LogP contribution in [0.15, 0.2) is 115 Å². The van der Waals surface area contributed by atoms with Gasteiger partial charge in [-0.2, -0.15) is 0 Å². The summed E-state index contributed by atoms with van der Waals surface area (Å²) < 4.78 is 0. The van der Waals surface area contributed by atoms with Crippen molar-refractivity contribution in [3.63, 3.8) is 0 Å². The van der Waals surface area contributed by atoms with Crippen LogP contribution in [-0.4, -0.2) is 22.2 Å². The lowest BCUT2D eigenvalue weighted by atomic mass is 9.79. The Bertz CT molecular complexity index is 1610. The molecular formula is C30H22BNO2. The SMILES string of the molecule is OB(O)c1ccc(-c2cc(-c3ccccc3)cc3c2[nH]c2ccc(-c4ccccc4)cc23)cc1. The first-order chi connectivity index (χ1) is 16.7. The number of rotatable bonds is 4. The van der Waals surface area contributed by atoms with E-state index in [-0.39, 0.29) is 0 Å². The minimum Gasteiger partial charge on any atom is -0.423 e. The molecule has 0 fully saturated rings.